The monoisotopic (exact) mass is 384 g/mol. The number of carbonyl (C=O) groups is 1. The van der Waals surface area contributed by atoms with Gasteiger partial charge in [0.1, 0.15) is 0 Å². The van der Waals surface area contributed by atoms with Gasteiger partial charge < -0.3 is 14.5 Å². The molecule has 2 aromatic heterocycles. The Morgan fingerprint density at radius 2 is 1.85 bits per heavy atom. The number of aromatic nitrogens is 2. The first-order valence-corrected chi connectivity index (χ1v) is 10.7. The van der Waals surface area contributed by atoms with Crippen LogP contribution in [0.25, 0.3) is 0 Å². The van der Waals surface area contributed by atoms with E-state index in [-0.39, 0.29) is 11.5 Å². The Bertz CT molecular complexity index is 824. The van der Waals surface area contributed by atoms with Crippen molar-refractivity contribution in [2.24, 2.45) is 0 Å². The average Bonchev–Trinajstić information content (AvgIpc) is 3.40. The lowest BCUT2D eigenvalue weighted by atomic mass is 9.82. The molecule has 0 atom stereocenters. The number of anilines is 1. The number of likely N-dealkylation sites (tertiary alicyclic amines) is 1. The van der Waals surface area contributed by atoms with E-state index in [1.54, 1.807) is 23.7 Å². The topological polar surface area (TPSA) is 58.6 Å². The molecule has 0 aliphatic carbocycles. The van der Waals surface area contributed by atoms with E-state index < -0.39 is 0 Å². The summed E-state index contributed by atoms with van der Waals surface area (Å²) >= 11 is 1.69. The molecule has 1 amide bonds. The van der Waals surface area contributed by atoms with Crippen LogP contribution in [0.1, 0.15) is 45.8 Å². The van der Waals surface area contributed by atoms with Crippen LogP contribution in [0.4, 0.5) is 5.95 Å². The molecule has 5 heterocycles. The number of amides is 1. The molecule has 2 aromatic rings. The molecule has 1 spiro atoms. The van der Waals surface area contributed by atoms with E-state index in [4.69, 9.17) is 4.74 Å². The van der Waals surface area contributed by atoms with Gasteiger partial charge in [-0.2, -0.15) is 0 Å². The van der Waals surface area contributed by atoms with Crippen LogP contribution in [0.2, 0.25) is 0 Å². The van der Waals surface area contributed by atoms with Crippen LogP contribution in [-0.2, 0) is 16.8 Å². The Balaban J connectivity index is 1.38. The highest BCUT2D eigenvalue weighted by molar-refractivity contribution is 7.14. The van der Waals surface area contributed by atoms with Gasteiger partial charge in [0.25, 0.3) is 5.91 Å². The Morgan fingerprint density at radius 3 is 2.59 bits per heavy atom. The molecule has 0 unspecified atom stereocenters. The predicted molar refractivity (Wildman–Crippen MR) is 104 cm³/mol. The highest BCUT2D eigenvalue weighted by Gasteiger charge is 2.43. The smallest absolute Gasteiger partial charge is 0.263 e. The third kappa shape index (κ3) is 3.02. The Hall–Kier alpha value is -1.99. The molecular weight excluding hydrogens is 360 g/mol. The minimum Gasteiger partial charge on any atom is -0.370 e. The number of hydrogen-bond donors (Lipinski definition) is 0. The van der Waals surface area contributed by atoms with Crippen molar-refractivity contribution in [1.29, 1.82) is 0 Å². The minimum atomic E-state index is -0.251. The van der Waals surface area contributed by atoms with Gasteiger partial charge in [-0.15, -0.1) is 11.3 Å². The summed E-state index contributed by atoms with van der Waals surface area (Å²) in [6.07, 6.45) is 8.57. The quantitative estimate of drug-likeness (QED) is 0.797. The van der Waals surface area contributed by atoms with Crippen LogP contribution in [0.15, 0.2) is 24.5 Å². The number of piperidine rings is 1. The van der Waals surface area contributed by atoms with E-state index in [0.717, 1.165) is 75.7 Å². The Kier molecular flexibility index (Phi) is 4.36. The van der Waals surface area contributed by atoms with Crippen molar-refractivity contribution < 1.29 is 9.53 Å². The maximum Gasteiger partial charge on any atom is 0.263 e. The third-order valence-electron chi connectivity index (χ3n) is 6.02. The molecule has 5 rings (SSSR count). The van der Waals surface area contributed by atoms with E-state index in [0.29, 0.717) is 0 Å². The lowest BCUT2D eigenvalue weighted by Gasteiger charge is -2.44. The molecule has 0 N–H and O–H groups in total. The van der Waals surface area contributed by atoms with Crippen LogP contribution in [-0.4, -0.2) is 53.6 Å². The van der Waals surface area contributed by atoms with Crippen molar-refractivity contribution in [1.82, 2.24) is 14.9 Å². The van der Waals surface area contributed by atoms with Crippen LogP contribution >= 0.6 is 11.3 Å². The molecule has 0 saturated carbocycles. The third-order valence-corrected chi connectivity index (χ3v) is 7.20. The predicted octanol–water partition coefficient (Wildman–Crippen LogP) is 2.84. The van der Waals surface area contributed by atoms with Crippen LogP contribution in [0.5, 0.6) is 0 Å². The highest BCUT2D eigenvalue weighted by Crippen LogP contribution is 2.45. The van der Waals surface area contributed by atoms with Gasteiger partial charge in [0.15, 0.2) is 0 Å². The summed E-state index contributed by atoms with van der Waals surface area (Å²) in [6.45, 7) is 4.28. The summed E-state index contributed by atoms with van der Waals surface area (Å²) in [6, 6.07) is 3.98. The lowest BCUT2D eigenvalue weighted by Crippen LogP contribution is -2.46. The summed E-state index contributed by atoms with van der Waals surface area (Å²) in [5, 5.41) is 0. The summed E-state index contributed by atoms with van der Waals surface area (Å²) in [5.74, 6) is 0.996. The average molecular weight is 385 g/mol. The van der Waals surface area contributed by atoms with Gasteiger partial charge >= 0.3 is 0 Å². The van der Waals surface area contributed by atoms with Crippen molar-refractivity contribution in [3.8, 4) is 0 Å². The number of thiophene rings is 1. The van der Waals surface area contributed by atoms with Gasteiger partial charge in [0.2, 0.25) is 5.95 Å². The van der Waals surface area contributed by atoms with Crippen LogP contribution in [0, 0.1) is 0 Å². The number of ether oxygens (including phenoxy) is 1. The number of rotatable bonds is 2. The zero-order valence-corrected chi connectivity index (χ0v) is 16.2. The number of hydrogen-bond acceptors (Lipinski definition) is 6. The SMILES string of the molecule is O=C(c1cc2c(s1)CCOC21CCN(c2ncccn2)CC1)N1CCCC1. The molecule has 2 saturated heterocycles. The minimum absolute atomic E-state index is 0.206. The molecule has 6 nitrogen and oxygen atoms in total. The number of nitrogens with zero attached hydrogens (tertiary/aromatic N) is 4. The molecule has 27 heavy (non-hydrogen) atoms. The first-order chi connectivity index (χ1) is 13.3. The molecule has 0 aromatic carbocycles. The van der Waals surface area contributed by atoms with Crippen molar-refractivity contribution in [3.05, 3.63) is 39.8 Å². The summed E-state index contributed by atoms with van der Waals surface area (Å²) < 4.78 is 6.35. The molecule has 3 aliphatic rings. The first-order valence-electron chi connectivity index (χ1n) is 9.84. The van der Waals surface area contributed by atoms with Gasteiger partial charge in [-0.1, -0.05) is 0 Å². The number of carbonyl (C=O) groups excluding carboxylic acids is 1. The van der Waals surface area contributed by atoms with Crippen LogP contribution in [0.3, 0.4) is 0 Å². The van der Waals surface area contributed by atoms with Crippen LogP contribution < -0.4 is 4.90 Å². The Morgan fingerprint density at radius 1 is 1.11 bits per heavy atom. The molecule has 2 fully saturated rings. The maximum absolute atomic E-state index is 12.8. The van der Waals surface area contributed by atoms with Crippen molar-refractivity contribution in [2.75, 3.05) is 37.7 Å². The zero-order chi connectivity index (χ0) is 18.3. The van der Waals surface area contributed by atoms with Gasteiger partial charge in [-0.25, -0.2) is 9.97 Å². The largest absolute Gasteiger partial charge is 0.370 e. The normalized spacial score (nSPS) is 21.5. The second-order valence-electron chi connectivity index (χ2n) is 7.58. The van der Waals surface area contributed by atoms with Crippen molar-refractivity contribution >= 4 is 23.2 Å². The highest BCUT2D eigenvalue weighted by atomic mass is 32.1. The molecule has 7 heteroatoms. The first kappa shape index (κ1) is 17.1. The zero-order valence-electron chi connectivity index (χ0n) is 15.4. The maximum atomic E-state index is 12.8. The van der Waals surface area contributed by atoms with Gasteiger partial charge in [-0.05, 0) is 43.4 Å². The van der Waals surface area contributed by atoms with Crippen molar-refractivity contribution in [2.45, 2.75) is 37.7 Å². The fourth-order valence-corrected chi connectivity index (χ4v) is 5.73. The fraction of sp³-hybridized carbons (Fsp3) is 0.550. The van der Waals surface area contributed by atoms with E-state index >= 15 is 0 Å². The standard InChI is InChI=1S/C20H24N4O2S/c25-18(23-9-1-2-10-23)17-14-15-16(27-17)4-13-26-20(15)5-11-24(12-6-20)19-21-7-3-8-22-19/h3,7-8,14H,1-2,4-6,9-13H2. The second kappa shape index (κ2) is 6.87. The summed E-state index contributed by atoms with van der Waals surface area (Å²) in [7, 11) is 0. The summed E-state index contributed by atoms with van der Waals surface area (Å²) in [4.78, 5) is 28.1. The summed E-state index contributed by atoms with van der Waals surface area (Å²) in [5.41, 5.74) is 1.01. The lowest BCUT2D eigenvalue weighted by molar-refractivity contribution is -0.0758. The van der Waals surface area contributed by atoms with Gasteiger partial charge in [-0.3, -0.25) is 4.79 Å². The van der Waals surface area contributed by atoms with Crippen molar-refractivity contribution in [3.63, 3.8) is 0 Å². The fourth-order valence-electron chi connectivity index (χ4n) is 4.53. The Labute approximate surface area is 163 Å². The van der Waals surface area contributed by atoms with E-state index in [9.17, 15) is 4.79 Å². The van der Waals surface area contributed by atoms with E-state index in [1.807, 2.05) is 11.0 Å². The number of fused-ring (bicyclic) bond motifs is 2. The molecule has 0 bridgehead atoms. The molecular formula is C20H24N4O2S. The molecule has 142 valence electrons. The van der Waals surface area contributed by atoms with Gasteiger partial charge in [0.05, 0.1) is 17.1 Å². The molecule has 3 aliphatic heterocycles. The van der Waals surface area contributed by atoms with E-state index in [1.165, 1.54) is 10.4 Å². The second-order valence-corrected chi connectivity index (χ2v) is 8.71. The molecule has 0 radical (unpaired) electrons. The van der Waals surface area contributed by atoms with E-state index in [2.05, 4.69) is 20.9 Å². The van der Waals surface area contributed by atoms with Gasteiger partial charge in [0, 0.05) is 49.9 Å².